The topological polar surface area (TPSA) is 109 Å². The molecule has 1 aliphatic carbocycles. The van der Waals surface area contributed by atoms with E-state index in [-0.39, 0.29) is 5.91 Å². The Morgan fingerprint density at radius 1 is 1.11 bits per heavy atom. The Kier molecular flexibility index (Phi) is 14.9. The molecule has 0 saturated heterocycles. The summed E-state index contributed by atoms with van der Waals surface area (Å²) in [4.78, 5) is 35.8. The van der Waals surface area contributed by atoms with Crippen molar-refractivity contribution in [2.45, 2.75) is 58.5 Å². The number of aromatic nitrogens is 3. The minimum absolute atomic E-state index is 0.305. The molecular weight excluding hydrogens is 516 g/mol. The summed E-state index contributed by atoms with van der Waals surface area (Å²) in [5.74, 6) is 0.255. The maximum Gasteiger partial charge on any atom is 0.257 e. The standard InChI is InChI=1S/C15H20N4O2S.C11H12N2S.C2H6/c1-16-14(21)13(22-10-20)9-12-7-8-17-15(19-12)18-11-5-3-2-4-6-11;1-12-7-10-3-2-4-11(13-10)9-5-6-14-8-9;1-2/h7-11H,2-6H2,1H3,(H,16,21)(H,17,18,19);2-6,8,12H,7H2,1H3;1-2H3/b13-9-;;. The van der Waals surface area contributed by atoms with Gasteiger partial charge in [0.15, 0.2) is 5.62 Å². The lowest BCUT2D eigenvalue weighted by molar-refractivity contribution is -0.116. The molecule has 0 aliphatic heterocycles. The maximum atomic E-state index is 11.7. The van der Waals surface area contributed by atoms with Crippen LogP contribution in [0.1, 0.15) is 57.3 Å². The van der Waals surface area contributed by atoms with Gasteiger partial charge in [0.25, 0.3) is 5.91 Å². The number of hydrogen-bond acceptors (Lipinski definition) is 9. The second kappa shape index (κ2) is 18.2. The molecule has 0 bridgehead atoms. The monoisotopic (exact) mass is 554 g/mol. The number of pyridine rings is 1. The number of carbonyl (C=O) groups is 2. The maximum absolute atomic E-state index is 11.7. The van der Waals surface area contributed by atoms with E-state index in [1.54, 1.807) is 29.7 Å². The van der Waals surface area contributed by atoms with Crippen molar-refractivity contribution in [3.8, 4) is 11.3 Å². The van der Waals surface area contributed by atoms with Crippen molar-refractivity contribution in [3.63, 3.8) is 0 Å². The molecule has 0 radical (unpaired) electrons. The highest BCUT2D eigenvalue weighted by Gasteiger charge is 2.14. The summed E-state index contributed by atoms with van der Waals surface area (Å²) in [7, 11) is 3.45. The molecule has 3 aromatic heterocycles. The SMILES string of the molecule is CC.CNC(=O)/C(=C/c1ccnc(NC2CCCCC2)n1)SC=O.CNCc1cccc(-c2ccsc2)n1. The Bertz CT molecular complexity index is 1130. The van der Waals surface area contributed by atoms with Crippen LogP contribution in [0.15, 0.2) is 52.2 Å². The Hall–Kier alpha value is -3.08. The predicted octanol–water partition coefficient (Wildman–Crippen LogP) is 5.79. The smallest absolute Gasteiger partial charge is 0.257 e. The highest BCUT2D eigenvalue weighted by Crippen LogP contribution is 2.21. The number of likely N-dealkylation sites (N-methyl/N-ethyl adjacent to an activating group) is 1. The van der Waals surface area contributed by atoms with E-state index >= 15 is 0 Å². The van der Waals surface area contributed by atoms with Gasteiger partial charge in [0, 0.05) is 36.8 Å². The predicted molar refractivity (Wildman–Crippen MR) is 161 cm³/mol. The zero-order valence-electron chi connectivity index (χ0n) is 22.6. The molecule has 1 amide bonds. The highest BCUT2D eigenvalue weighted by atomic mass is 32.2. The molecule has 4 rings (SSSR count). The lowest BCUT2D eigenvalue weighted by Crippen LogP contribution is -2.23. The first-order valence-corrected chi connectivity index (χ1v) is 14.7. The fourth-order valence-electron chi connectivity index (χ4n) is 3.74. The number of thiophene rings is 1. The van der Waals surface area contributed by atoms with Gasteiger partial charge in [-0.3, -0.25) is 14.6 Å². The third kappa shape index (κ3) is 10.7. The second-order valence-corrected chi connectivity index (χ2v) is 9.79. The Balaban J connectivity index is 0.000000272. The molecule has 38 heavy (non-hydrogen) atoms. The lowest BCUT2D eigenvalue weighted by Gasteiger charge is -2.22. The van der Waals surface area contributed by atoms with Crippen molar-refractivity contribution in [1.29, 1.82) is 0 Å². The van der Waals surface area contributed by atoms with E-state index in [0.29, 0.717) is 28.2 Å². The van der Waals surface area contributed by atoms with Gasteiger partial charge in [-0.25, -0.2) is 9.97 Å². The minimum Gasteiger partial charge on any atom is -0.355 e. The van der Waals surface area contributed by atoms with Gasteiger partial charge >= 0.3 is 0 Å². The molecule has 0 aromatic carbocycles. The van der Waals surface area contributed by atoms with Crippen LogP contribution in [-0.4, -0.2) is 46.6 Å². The molecule has 3 aromatic rings. The number of nitrogens with one attached hydrogen (secondary N) is 3. The average Bonchev–Trinajstić information content (AvgIpc) is 3.50. The highest BCUT2D eigenvalue weighted by molar-refractivity contribution is 8.16. The van der Waals surface area contributed by atoms with Crippen LogP contribution in [0.25, 0.3) is 17.3 Å². The number of rotatable bonds is 9. The summed E-state index contributed by atoms with van der Waals surface area (Å²) in [5.41, 5.74) is 4.56. The molecule has 10 heteroatoms. The summed E-state index contributed by atoms with van der Waals surface area (Å²) in [6.07, 6.45) is 9.26. The van der Waals surface area contributed by atoms with E-state index in [1.807, 2.05) is 39.1 Å². The number of anilines is 1. The third-order valence-electron chi connectivity index (χ3n) is 5.50. The van der Waals surface area contributed by atoms with Crippen LogP contribution in [0, 0.1) is 0 Å². The molecule has 204 valence electrons. The van der Waals surface area contributed by atoms with Crippen molar-refractivity contribution in [2.75, 3.05) is 19.4 Å². The van der Waals surface area contributed by atoms with E-state index in [9.17, 15) is 9.59 Å². The quantitative estimate of drug-likeness (QED) is 0.225. The van der Waals surface area contributed by atoms with Crippen molar-refractivity contribution in [3.05, 3.63) is 63.6 Å². The fraction of sp³-hybridized carbons (Fsp3) is 0.393. The summed E-state index contributed by atoms with van der Waals surface area (Å²) >= 11 is 2.53. The van der Waals surface area contributed by atoms with Crippen LogP contribution in [0.2, 0.25) is 0 Å². The molecule has 1 saturated carbocycles. The summed E-state index contributed by atoms with van der Waals surface area (Å²) in [5, 5.41) is 13.1. The zero-order chi connectivity index (χ0) is 27.6. The van der Waals surface area contributed by atoms with Gasteiger partial charge in [-0.1, -0.05) is 39.2 Å². The van der Waals surface area contributed by atoms with E-state index in [2.05, 4.69) is 47.7 Å². The van der Waals surface area contributed by atoms with E-state index in [1.165, 1.54) is 31.9 Å². The third-order valence-corrected chi connectivity index (χ3v) is 6.84. The summed E-state index contributed by atoms with van der Waals surface area (Å²) < 4.78 is 0. The van der Waals surface area contributed by atoms with Crippen LogP contribution in [0.3, 0.4) is 0 Å². The molecule has 0 unspecified atom stereocenters. The first-order valence-electron chi connectivity index (χ1n) is 12.9. The van der Waals surface area contributed by atoms with E-state index in [4.69, 9.17) is 0 Å². The molecule has 8 nitrogen and oxygen atoms in total. The van der Waals surface area contributed by atoms with Gasteiger partial charge in [0.2, 0.25) is 5.95 Å². The van der Waals surface area contributed by atoms with Crippen LogP contribution in [0.5, 0.6) is 0 Å². The molecular formula is C28H38N6O2S2. The first-order chi connectivity index (χ1) is 18.6. The van der Waals surface area contributed by atoms with Gasteiger partial charge in [-0.05, 0) is 67.4 Å². The minimum atomic E-state index is -0.308. The van der Waals surface area contributed by atoms with Gasteiger partial charge in [0.1, 0.15) is 0 Å². The molecule has 1 fully saturated rings. The van der Waals surface area contributed by atoms with Crippen LogP contribution >= 0.6 is 23.1 Å². The van der Waals surface area contributed by atoms with Gasteiger partial charge in [-0.15, -0.1) is 0 Å². The van der Waals surface area contributed by atoms with E-state index in [0.717, 1.165) is 42.5 Å². The average molecular weight is 555 g/mol. The van der Waals surface area contributed by atoms with Gasteiger partial charge < -0.3 is 16.0 Å². The second-order valence-electron chi connectivity index (χ2n) is 8.14. The molecule has 1 aliphatic rings. The number of hydrogen-bond donors (Lipinski definition) is 3. The van der Waals surface area contributed by atoms with Crippen molar-refractivity contribution >= 4 is 46.6 Å². The fourth-order valence-corrected chi connectivity index (χ4v) is 4.90. The first kappa shape index (κ1) is 31.1. The Morgan fingerprint density at radius 2 is 1.89 bits per heavy atom. The number of thioether (sulfide) groups is 1. The Labute approximate surface area is 234 Å². The number of carbonyl (C=O) groups excluding carboxylic acids is 2. The number of nitrogens with zero attached hydrogens (tertiary/aromatic N) is 3. The van der Waals surface area contributed by atoms with Crippen LogP contribution in [0.4, 0.5) is 5.95 Å². The Morgan fingerprint density at radius 3 is 2.55 bits per heavy atom. The lowest BCUT2D eigenvalue weighted by atomic mass is 9.96. The summed E-state index contributed by atoms with van der Waals surface area (Å²) in [6, 6.07) is 10.3. The van der Waals surface area contributed by atoms with Gasteiger partial charge in [-0.2, -0.15) is 11.3 Å². The van der Waals surface area contributed by atoms with Gasteiger partial charge in [0.05, 0.1) is 22.0 Å². The zero-order valence-corrected chi connectivity index (χ0v) is 24.2. The molecule has 0 spiro atoms. The van der Waals surface area contributed by atoms with Crippen molar-refractivity contribution < 1.29 is 9.59 Å². The molecule has 3 heterocycles. The van der Waals surface area contributed by atoms with Crippen molar-refractivity contribution in [1.82, 2.24) is 25.6 Å². The largest absolute Gasteiger partial charge is 0.355 e. The molecule has 0 atom stereocenters. The summed E-state index contributed by atoms with van der Waals surface area (Å²) in [6.45, 7) is 4.82. The van der Waals surface area contributed by atoms with Crippen LogP contribution in [-0.2, 0) is 16.1 Å². The van der Waals surface area contributed by atoms with Crippen molar-refractivity contribution in [2.24, 2.45) is 0 Å². The molecule has 3 N–H and O–H groups in total. The normalized spacial score (nSPS) is 13.3. The number of amides is 1. The van der Waals surface area contributed by atoms with E-state index < -0.39 is 0 Å². The van der Waals surface area contributed by atoms with Crippen LogP contribution < -0.4 is 16.0 Å².